The van der Waals surface area contributed by atoms with Crippen molar-refractivity contribution in [3.8, 4) is 11.1 Å². The molecule has 2 rings (SSSR count). The van der Waals surface area contributed by atoms with Crippen molar-refractivity contribution in [3.63, 3.8) is 0 Å². The van der Waals surface area contributed by atoms with E-state index < -0.39 is 0 Å². The highest BCUT2D eigenvalue weighted by Gasteiger charge is 2.07. The number of hydrogen-bond acceptors (Lipinski definition) is 2. The van der Waals surface area contributed by atoms with Gasteiger partial charge in [0.2, 0.25) is 6.08 Å². The molecule has 0 unspecified atom stereocenters. The highest BCUT2D eigenvalue weighted by molar-refractivity contribution is 6.36. The van der Waals surface area contributed by atoms with Crippen molar-refractivity contribution in [3.05, 3.63) is 52.5 Å². The number of halogens is 2. The number of nitrogens with zero attached hydrogens (tertiary/aromatic N) is 1. The van der Waals surface area contributed by atoms with E-state index in [9.17, 15) is 4.79 Å². The molecule has 2 aromatic rings. The number of benzene rings is 2. The van der Waals surface area contributed by atoms with Gasteiger partial charge in [0.15, 0.2) is 0 Å². The fourth-order valence-electron chi connectivity index (χ4n) is 1.52. The van der Waals surface area contributed by atoms with Crippen molar-refractivity contribution in [2.24, 2.45) is 4.99 Å². The maximum atomic E-state index is 10.1. The zero-order chi connectivity index (χ0) is 12.3. The van der Waals surface area contributed by atoms with Gasteiger partial charge in [0, 0.05) is 16.1 Å². The van der Waals surface area contributed by atoms with Gasteiger partial charge in [-0.3, -0.25) is 0 Å². The lowest BCUT2D eigenvalue weighted by molar-refractivity contribution is 0.565. The third kappa shape index (κ3) is 2.56. The third-order valence-corrected chi connectivity index (χ3v) is 2.93. The van der Waals surface area contributed by atoms with Crippen molar-refractivity contribution < 1.29 is 4.79 Å². The predicted molar refractivity (Wildman–Crippen MR) is 69.7 cm³/mol. The van der Waals surface area contributed by atoms with Crippen molar-refractivity contribution >= 4 is 35.0 Å². The van der Waals surface area contributed by atoms with E-state index in [1.165, 1.54) is 6.08 Å². The van der Waals surface area contributed by atoms with Crippen molar-refractivity contribution in [2.45, 2.75) is 0 Å². The summed E-state index contributed by atoms with van der Waals surface area (Å²) < 4.78 is 0. The number of isocyanates is 1. The van der Waals surface area contributed by atoms with Gasteiger partial charge >= 0.3 is 0 Å². The Hall–Kier alpha value is -1.60. The number of carbonyl (C=O) groups excluding carboxylic acids is 1. The van der Waals surface area contributed by atoms with Crippen LogP contribution in [0.5, 0.6) is 0 Å². The van der Waals surface area contributed by atoms with E-state index in [1.54, 1.807) is 24.3 Å². The number of rotatable bonds is 2. The van der Waals surface area contributed by atoms with E-state index >= 15 is 0 Å². The van der Waals surface area contributed by atoms with Gasteiger partial charge in [-0.25, -0.2) is 4.79 Å². The summed E-state index contributed by atoms with van der Waals surface area (Å²) in [7, 11) is 0. The van der Waals surface area contributed by atoms with Crippen molar-refractivity contribution in [1.82, 2.24) is 0 Å². The zero-order valence-electron chi connectivity index (χ0n) is 8.65. The molecule has 0 heterocycles. The molecule has 0 fully saturated rings. The van der Waals surface area contributed by atoms with Gasteiger partial charge in [0.25, 0.3) is 0 Å². The van der Waals surface area contributed by atoms with Crippen LogP contribution in [0, 0.1) is 0 Å². The first-order valence-electron chi connectivity index (χ1n) is 4.84. The molecule has 84 valence electrons. The minimum Gasteiger partial charge on any atom is -0.211 e. The SMILES string of the molecule is O=C=Nc1ccc(-c2ccccc2Cl)c(Cl)c1. The topological polar surface area (TPSA) is 29.4 Å². The molecule has 0 aliphatic carbocycles. The Kier molecular flexibility index (Phi) is 3.60. The molecule has 0 N–H and O–H groups in total. The second-order valence-electron chi connectivity index (χ2n) is 3.35. The van der Waals surface area contributed by atoms with Gasteiger partial charge in [-0.2, -0.15) is 4.99 Å². The Morgan fingerprint density at radius 3 is 2.29 bits per heavy atom. The zero-order valence-corrected chi connectivity index (χ0v) is 10.2. The first kappa shape index (κ1) is 11.9. The molecule has 0 saturated heterocycles. The van der Waals surface area contributed by atoms with Crippen LogP contribution in [0.3, 0.4) is 0 Å². The molecular weight excluding hydrogens is 257 g/mol. The molecular formula is C13H7Cl2NO. The average Bonchev–Trinajstić information content (AvgIpc) is 2.31. The summed E-state index contributed by atoms with van der Waals surface area (Å²) in [5, 5.41) is 1.12. The van der Waals surface area contributed by atoms with Gasteiger partial charge in [0.1, 0.15) is 0 Å². The molecule has 2 aromatic carbocycles. The second kappa shape index (κ2) is 5.15. The van der Waals surface area contributed by atoms with Crippen LogP contribution in [-0.4, -0.2) is 6.08 Å². The van der Waals surface area contributed by atoms with Crippen LogP contribution >= 0.6 is 23.2 Å². The van der Waals surface area contributed by atoms with E-state index in [-0.39, 0.29) is 0 Å². The first-order valence-corrected chi connectivity index (χ1v) is 5.60. The molecule has 0 aliphatic rings. The van der Waals surface area contributed by atoms with Gasteiger partial charge in [-0.05, 0) is 18.2 Å². The number of hydrogen-bond donors (Lipinski definition) is 0. The molecule has 0 amide bonds. The fraction of sp³-hybridized carbons (Fsp3) is 0. The maximum absolute atomic E-state index is 10.1. The van der Waals surface area contributed by atoms with Crippen LogP contribution in [0.4, 0.5) is 5.69 Å². The highest BCUT2D eigenvalue weighted by Crippen LogP contribution is 2.34. The molecule has 4 heteroatoms. The summed E-state index contributed by atoms with van der Waals surface area (Å²) >= 11 is 12.2. The van der Waals surface area contributed by atoms with Crippen LogP contribution in [0.25, 0.3) is 11.1 Å². The largest absolute Gasteiger partial charge is 0.240 e. The summed E-state index contributed by atoms with van der Waals surface area (Å²) in [5.41, 5.74) is 2.13. The lowest BCUT2D eigenvalue weighted by Crippen LogP contribution is -1.80. The molecule has 2 nitrogen and oxygen atoms in total. The Morgan fingerprint density at radius 2 is 1.65 bits per heavy atom. The Labute approximate surface area is 109 Å². The summed E-state index contributed by atoms with van der Waals surface area (Å²) in [4.78, 5) is 13.6. The smallest absolute Gasteiger partial charge is 0.211 e. The summed E-state index contributed by atoms with van der Waals surface area (Å²) in [6.07, 6.45) is 1.47. The second-order valence-corrected chi connectivity index (χ2v) is 4.16. The predicted octanol–water partition coefficient (Wildman–Crippen LogP) is 4.63. The minimum absolute atomic E-state index is 0.473. The van der Waals surface area contributed by atoms with Crippen LogP contribution < -0.4 is 0 Å². The first-order chi connectivity index (χ1) is 8.22. The van der Waals surface area contributed by atoms with Crippen LogP contribution in [0.1, 0.15) is 0 Å². The highest BCUT2D eigenvalue weighted by atomic mass is 35.5. The molecule has 0 saturated carbocycles. The summed E-state index contributed by atoms with van der Waals surface area (Å²) in [6.45, 7) is 0. The fourth-order valence-corrected chi connectivity index (χ4v) is 2.04. The van der Waals surface area contributed by atoms with E-state index in [1.807, 2.05) is 18.2 Å². The quantitative estimate of drug-likeness (QED) is 0.574. The van der Waals surface area contributed by atoms with E-state index in [0.717, 1.165) is 11.1 Å². The molecule has 0 aromatic heterocycles. The maximum Gasteiger partial charge on any atom is 0.240 e. The molecule has 0 bridgehead atoms. The van der Waals surface area contributed by atoms with Gasteiger partial charge in [0.05, 0.1) is 10.7 Å². The van der Waals surface area contributed by atoms with Crippen LogP contribution in [-0.2, 0) is 4.79 Å². The van der Waals surface area contributed by atoms with Crippen LogP contribution in [0.15, 0.2) is 47.5 Å². The summed E-state index contributed by atoms with van der Waals surface area (Å²) in [5.74, 6) is 0. The van der Waals surface area contributed by atoms with E-state index in [4.69, 9.17) is 23.2 Å². The van der Waals surface area contributed by atoms with Gasteiger partial charge in [-0.1, -0.05) is 47.5 Å². The normalized spacial score (nSPS) is 9.76. The molecule has 0 radical (unpaired) electrons. The monoisotopic (exact) mass is 263 g/mol. The molecule has 17 heavy (non-hydrogen) atoms. The van der Waals surface area contributed by atoms with Gasteiger partial charge < -0.3 is 0 Å². The van der Waals surface area contributed by atoms with Crippen LogP contribution in [0.2, 0.25) is 10.0 Å². The molecule has 0 atom stereocenters. The molecule has 0 spiro atoms. The lowest BCUT2D eigenvalue weighted by Gasteiger charge is -2.06. The number of aliphatic imine (C=N–C) groups is 1. The Morgan fingerprint density at radius 1 is 0.941 bits per heavy atom. The van der Waals surface area contributed by atoms with Gasteiger partial charge in [-0.15, -0.1) is 0 Å². The summed E-state index contributed by atoms with van der Waals surface area (Å²) in [6, 6.07) is 12.5. The van der Waals surface area contributed by atoms with Crippen molar-refractivity contribution in [1.29, 1.82) is 0 Å². The Bertz CT molecular complexity index is 604. The van der Waals surface area contributed by atoms with E-state index in [0.29, 0.717) is 15.7 Å². The van der Waals surface area contributed by atoms with E-state index in [2.05, 4.69) is 4.99 Å². The van der Waals surface area contributed by atoms with Crippen molar-refractivity contribution in [2.75, 3.05) is 0 Å². The average molecular weight is 264 g/mol. The lowest BCUT2D eigenvalue weighted by atomic mass is 10.1. The standard InChI is InChI=1S/C13H7Cl2NO/c14-12-4-2-1-3-10(12)11-6-5-9(16-8-17)7-13(11)15/h1-7H. The Balaban J connectivity index is 2.54. The molecule has 0 aliphatic heterocycles. The minimum atomic E-state index is 0.473. The third-order valence-electron chi connectivity index (χ3n) is 2.29.